The normalized spacial score (nSPS) is 15.0. The maximum atomic E-state index is 2.26. The highest BCUT2D eigenvalue weighted by atomic mass is 14.1. The van der Waals surface area contributed by atoms with Crippen LogP contribution in [0.3, 0.4) is 0 Å². The van der Waals surface area contributed by atoms with Gasteiger partial charge in [-0.05, 0) is 11.8 Å². The van der Waals surface area contributed by atoms with E-state index in [9.17, 15) is 0 Å². The fourth-order valence-electron chi connectivity index (χ4n) is 0.408. The second-order valence-corrected chi connectivity index (χ2v) is 2.39. The van der Waals surface area contributed by atoms with Crippen molar-refractivity contribution < 1.29 is 0 Å². The lowest BCUT2D eigenvalue weighted by atomic mass is 9.96. The van der Waals surface area contributed by atoms with Gasteiger partial charge < -0.3 is 0 Å². The summed E-state index contributed by atoms with van der Waals surface area (Å²) in [5.41, 5.74) is 0. The van der Waals surface area contributed by atoms with Crippen LogP contribution in [0, 0.1) is 11.8 Å². The van der Waals surface area contributed by atoms with Gasteiger partial charge in [-0.25, -0.2) is 0 Å². The molecule has 0 spiro atoms. The first-order valence-electron chi connectivity index (χ1n) is 2.98. The molecule has 0 N–H and O–H groups in total. The van der Waals surface area contributed by atoms with Crippen LogP contribution in [0.15, 0.2) is 0 Å². The molecule has 0 aliphatic heterocycles. The second kappa shape index (κ2) is 3.06. The summed E-state index contributed by atoms with van der Waals surface area (Å²) in [7, 11) is 0. The predicted molar refractivity (Wildman–Crippen MR) is 34.0 cm³/mol. The van der Waals surface area contributed by atoms with Crippen molar-refractivity contribution in [3.8, 4) is 0 Å². The van der Waals surface area contributed by atoms with Gasteiger partial charge in [0.05, 0.1) is 0 Å². The van der Waals surface area contributed by atoms with Gasteiger partial charge in [-0.1, -0.05) is 34.1 Å². The third-order valence-electron chi connectivity index (χ3n) is 1.60. The van der Waals surface area contributed by atoms with Crippen LogP contribution in [0.4, 0.5) is 0 Å². The molecule has 0 saturated carbocycles. The topological polar surface area (TPSA) is 0 Å². The van der Waals surface area contributed by atoms with E-state index >= 15 is 0 Å². The molecule has 0 aliphatic carbocycles. The van der Waals surface area contributed by atoms with Crippen LogP contribution in [0.1, 0.15) is 34.1 Å². The van der Waals surface area contributed by atoms with Crippen LogP contribution in [-0.4, -0.2) is 0 Å². The fraction of sp³-hybridized carbons (Fsp3) is 0.857. The number of hydrogen-bond acceptors (Lipinski definition) is 0. The number of rotatable bonds is 2. The summed E-state index contributed by atoms with van der Waals surface area (Å²) in [6.07, 6.45) is 1.28. The van der Waals surface area contributed by atoms with Gasteiger partial charge in [0.25, 0.3) is 0 Å². The van der Waals surface area contributed by atoms with E-state index < -0.39 is 0 Å². The Balaban J connectivity index is 3.14. The zero-order valence-corrected chi connectivity index (χ0v) is 5.78. The third-order valence-corrected chi connectivity index (χ3v) is 1.60. The van der Waals surface area contributed by atoms with E-state index in [0.717, 1.165) is 5.92 Å². The zero-order valence-electron chi connectivity index (χ0n) is 5.78. The maximum absolute atomic E-state index is 2.26. The summed E-state index contributed by atoms with van der Waals surface area (Å²) in [5.74, 6) is 2.36. The molecule has 0 aromatic carbocycles. The van der Waals surface area contributed by atoms with Gasteiger partial charge in [0, 0.05) is 0 Å². The minimum absolute atomic E-state index is 0.819. The monoisotopic (exact) mass is 99.1 g/mol. The van der Waals surface area contributed by atoms with Gasteiger partial charge in [-0.2, -0.15) is 0 Å². The van der Waals surface area contributed by atoms with Crippen molar-refractivity contribution in [3.63, 3.8) is 0 Å². The van der Waals surface area contributed by atoms with E-state index in [4.69, 9.17) is 0 Å². The van der Waals surface area contributed by atoms with Crippen molar-refractivity contribution in [3.05, 3.63) is 5.92 Å². The van der Waals surface area contributed by atoms with Gasteiger partial charge >= 0.3 is 0 Å². The fourth-order valence-corrected chi connectivity index (χ4v) is 0.408. The zero-order chi connectivity index (χ0) is 5.86. The molecule has 1 radical (unpaired) electrons. The minimum Gasteiger partial charge on any atom is -0.0651 e. The van der Waals surface area contributed by atoms with Crippen LogP contribution in [0.2, 0.25) is 0 Å². The van der Waals surface area contributed by atoms with Crippen molar-refractivity contribution in [1.29, 1.82) is 0 Å². The molecule has 0 unspecified atom stereocenters. The third kappa shape index (κ3) is 2.67. The van der Waals surface area contributed by atoms with Gasteiger partial charge in [-0.3, -0.25) is 0 Å². The Morgan fingerprint density at radius 2 is 1.86 bits per heavy atom. The van der Waals surface area contributed by atoms with Crippen molar-refractivity contribution >= 4 is 0 Å². The minimum atomic E-state index is 0.819. The predicted octanol–water partition coefficient (Wildman–Crippen LogP) is 2.65. The van der Waals surface area contributed by atoms with Gasteiger partial charge in [0.1, 0.15) is 0 Å². The SMILES string of the molecule is CC[C@H](C)[C](C)C. The Bertz CT molecular complexity index is 37.3. The molecular formula is C7H15. The lowest BCUT2D eigenvalue weighted by Crippen LogP contribution is -1.97. The molecule has 0 saturated heterocycles. The van der Waals surface area contributed by atoms with E-state index in [1.807, 2.05) is 0 Å². The van der Waals surface area contributed by atoms with E-state index in [1.165, 1.54) is 6.42 Å². The molecule has 7 heavy (non-hydrogen) atoms. The molecule has 0 rings (SSSR count). The van der Waals surface area contributed by atoms with Gasteiger partial charge in [-0.15, -0.1) is 0 Å². The maximum Gasteiger partial charge on any atom is -0.0275 e. The summed E-state index contributed by atoms with van der Waals surface area (Å²) in [6.45, 7) is 8.86. The average Bonchev–Trinajstić information content (AvgIpc) is 1.65. The lowest BCUT2D eigenvalue weighted by Gasteiger charge is -2.09. The molecule has 0 fully saturated rings. The Labute approximate surface area is 46.9 Å². The Morgan fingerprint density at radius 1 is 1.43 bits per heavy atom. The molecule has 0 nitrogen and oxygen atoms in total. The van der Waals surface area contributed by atoms with Crippen molar-refractivity contribution in [1.82, 2.24) is 0 Å². The van der Waals surface area contributed by atoms with Crippen LogP contribution in [0.5, 0.6) is 0 Å². The van der Waals surface area contributed by atoms with Crippen molar-refractivity contribution in [2.45, 2.75) is 34.1 Å². The second-order valence-electron chi connectivity index (χ2n) is 2.39. The van der Waals surface area contributed by atoms with E-state index in [1.54, 1.807) is 5.92 Å². The highest BCUT2D eigenvalue weighted by Crippen LogP contribution is 2.14. The number of hydrogen-bond donors (Lipinski definition) is 0. The van der Waals surface area contributed by atoms with Crippen LogP contribution >= 0.6 is 0 Å². The van der Waals surface area contributed by atoms with Crippen LogP contribution < -0.4 is 0 Å². The Morgan fingerprint density at radius 3 is 1.86 bits per heavy atom. The van der Waals surface area contributed by atoms with Crippen molar-refractivity contribution in [2.75, 3.05) is 0 Å². The molecule has 0 amide bonds. The summed E-state index contributed by atoms with van der Waals surface area (Å²) in [5, 5.41) is 0. The van der Waals surface area contributed by atoms with Gasteiger partial charge in [0.15, 0.2) is 0 Å². The first-order valence-corrected chi connectivity index (χ1v) is 2.98. The molecular weight excluding hydrogens is 84.1 g/mol. The molecule has 0 bridgehead atoms. The van der Waals surface area contributed by atoms with E-state index in [0.29, 0.717) is 0 Å². The summed E-state index contributed by atoms with van der Waals surface area (Å²) in [4.78, 5) is 0. The van der Waals surface area contributed by atoms with Gasteiger partial charge in [0.2, 0.25) is 0 Å². The lowest BCUT2D eigenvalue weighted by molar-refractivity contribution is 0.583. The summed E-state index contributed by atoms with van der Waals surface area (Å²) in [6, 6.07) is 0. The Kier molecular flexibility index (Phi) is 3.06. The smallest absolute Gasteiger partial charge is 0.0275 e. The average molecular weight is 99.2 g/mol. The van der Waals surface area contributed by atoms with E-state index in [-0.39, 0.29) is 0 Å². The molecule has 1 atom stereocenters. The molecule has 43 valence electrons. The Hall–Kier alpha value is 0. The largest absolute Gasteiger partial charge is 0.0651 e. The first-order chi connectivity index (χ1) is 3.18. The van der Waals surface area contributed by atoms with Crippen molar-refractivity contribution in [2.24, 2.45) is 5.92 Å². The molecule has 0 aromatic rings. The summed E-state index contributed by atoms with van der Waals surface area (Å²) < 4.78 is 0. The quantitative estimate of drug-likeness (QED) is 0.499. The molecule has 0 heterocycles. The summed E-state index contributed by atoms with van der Waals surface area (Å²) >= 11 is 0. The molecule has 0 heteroatoms. The highest BCUT2D eigenvalue weighted by molar-refractivity contribution is 4.82. The molecule has 0 aliphatic rings. The van der Waals surface area contributed by atoms with Crippen LogP contribution in [-0.2, 0) is 0 Å². The van der Waals surface area contributed by atoms with Crippen LogP contribution in [0.25, 0.3) is 0 Å². The first kappa shape index (κ1) is 7.00. The molecule has 0 aromatic heterocycles. The highest BCUT2D eigenvalue weighted by Gasteiger charge is 2.01. The van der Waals surface area contributed by atoms with E-state index in [2.05, 4.69) is 27.7 Å². The standard InChI is InChI=1S/C7H15/c1-5-7(4)6(2)3/h7H,5H2,1-4H3/t7-/m0/s1.